The van der Waals surface area contributed by atoms with Crippen LogP contribution in [0.1, 0.15) is 63.5 Å². The molecule has 1 N–H and O–H groups in total. The van der Waals surface area contributed by atoms with Crippen molar-refractivity contribution < 1.29 is 4.74 Å². The molecule has 150 valence electrons. The summed E-state index contributed by atoms with van der Waals surface area (Å²) < 4.78 is 5.97. The van der Waals surface area contributed by atoms with Gasteiger partial charge in [0.2, 0.25) is 0 Å². The van der Waals surface area contributed by atoms with Gasteiger partial charge < -0.3 is 10.1 Å². The fraction of sp³-hybridized carbons (Fsp3) is 0.520. The highest BCUT2D eigenvalue weighted by atomic mass is 16.5. The van der Waals surface area contributed by atoms with E-state index in [9.17, 15) is 0 Å². The third kappa shape index (κ3) is 4.76. The number of hydrogen-bond donors (Lipinski definition) is 1. The molecule has 2 aromatic rings. The second-order valence-electron chi connectivity index (χ2n) is 8.34. The molecule has 3 heteroatoms. The molecule has 28 heavy (non-hydrogen) atoms. The van der Waals surface area contributed by atoms with Gasteiger partial charge in [0.25, 0.3) is 0 Å². The van der Waals surface area contributed by atoms with Crippen LogP contribution in [0.4, 0.5) is 0 Å². The maximum absolute atomic E-state index is 5.97. The van der Waals surface area contributed by atoms with Crippen LogP contribution in [0.25, 0.3) is 0 Å². The average molecular weight is 379 g/mol. The second-order valence-corrected chi connectivity index (χ2v) is 8.34. The molecule has 3 nitrogen and oxygen atoms in total. The van der Waals surface area contributed by atoms with Crippen molar-refractivity contribution in [2.45, 2.75) is 70.0 Å². The maximum Gasteiger partial charge on any atom is 0.127 e. The third-order valence-electron chi connectivity index (χ3n) is 6.34. The number of rotatable bonds is 7. The first-order valence-electron chi connectivity index (χ1n) is 11.2. The van der Waals surface area contributed by atoms with Gasteiger partial charge in [-0.1, -0.05) is 50.1 Å². The topological polar surface area (TPSA) is 24.5 Å². The summed E-state index contributed by atoms with van der Waals surface area (Å²) in [5, 5.41) is 4.06. The van der Waals surface area contributed by atoms with Crippen LogP contribution >= 0.6 is 0 Å². The number of piperidine rings is 2. The SMILES string of the molecule is CCCC(NC1CCCN2CCCCC12)c1ccc(Oc2ccccc2)cc1. The van der Waals surface area contributed by atoms with Gasteiger partial charge in [-0.15, -0.1) is 0 Å². The maximum atomic E-state index is 5.97. The Hall–Kier alpha value is -1.84. The molecule has 3 unspecified atom stereocenters. The van der Waals surface area contributed by atoms with Gasteiger partial charge in [-0.2, -0.15) is 0 Å². The minimum absolute atomic E-state index is 0.433. The number of ether oxygens (including phenoxy) is 1. The van der Waals surface area contributed by atoms with E-state index >= 15 is 0 Å². The van der Waals surface area contributed by atoms with E-state index in [1.54, 1.807) is 0 Å². The zero-order valence-electron chi connectivity index (χ0n) is 17.1. The normalized spacial score (nSPS) is 23.8. The highest BCUT2D eigenvalue weighted by molar-refractivity contribution is 5.34. The molecule has 0 amide bonds. The second kappa shape index (κ2) is 9.58. The third-order valence-corrected chi connectivity index (χ3v) is 6.34. The molecule has 0 aromatic heterocycles. The summed E-state index contributed by atoms with van der Waals surface area (Å²) in [6, 6.07) is 20.5. The fourth-order valence-corrected chi connectivity index (χ4v) is 4.94. The lowest BCUT2D eigenvalue weighted by molar-refractivity contribution is 0.0720. The van der Waals surface area contributed by atoms with Crippen LogP contribution in [0.15, 0.2) is 54.6 Å². The van der Waals surface area contributed by atoms with Gasteiger partial charge in [0.15, 0.2) is 0 Å². The smallest absolute Gasteiger partial charge is 0.127 e. The van der Waals surface area contributed by atoms with Crippen LogP contribution in [-0.4, -0.2) is 30.1 Å². The quantitative estimate of drug-likeness (QED) is 0.646. The molecule has 0 bridgehead atoms. The lowest BCUT2D eigenvalue weighted by atomic mass is 9.87. The Morgan fingerprint density at radius 1 is 0.929 bits per heavy atom. The number of benzene rings is 2. The zero-order valence-corrected chi connectivity index (χ0v) is 17.1. The molecule has 3 atom stereocenters. The van der Waals surface area contributed by atoms with Gasteiger partial charge in [-0.25, -0.2) is 0 Å². The number of nitrogens with zero attached hydrogens (tertiary/aromatic N) is 1. The standard InChI is InChI=1S/C25H34N2O/c1-2-9-23(26-24-12-8-19-27-18-7-6-13-25(24)27)20-14-16-22(17-15-20)28-21-10-4-3-5-11-21/h3-5,10-11,14-17,23-26H,2,6-9,12-13,18-19H2,1H3. The van der Waals surface area contributed by atoms with E-state index in [0.29, 0.717) is 12.1 Å². The first kappa shape index (κ1) is 19.5. The molecule has 0 radical (unpaired) electrons. The van der Waals surface area contributed by atoms with E-state index in [1.165, 1.54) is 63.6 Å². The van der Waals surface area contributed by atoms with Gasteiger partial charge in [0, 0.05) is 18.1 Å². The summed E-state index contributed by atoms with van der Waals surface area (Å²) in [7, 11) is 0. The van der Waals surface area contributed by atoms with Crippen molar-refractivity contribution >= 4 is 0 Å². The largest absolute Gasteiger partial charge is 0.457 e. The summed E-state index contributed by atoms with van der Waals surface area (Å²) >= 11 is 0. The Morgan fingerprint density at radius 3 is 2.46 bits per heavy atom. The van der Waals surface area contributed by atoms with Gasteiger partial charge in [-0.3, -0.25) is 4.90 Å². The van der Waals surface area contributed by atoms with Gasteiger partial charge in [-0.05, 0) is 75.0 Å². The van der Waals surface area contributed by atoms with Crippen LogP contribution in [0, 0.1) is 0 Å². The molecule has 2 aliphatic rings. The first-order valence-corrected chi connectivity index (χ1v) is 11.2. The molecule has 4 rings (SSSR count). The summed E-state index contributed by atoms with van der Waals surface area (Å²) in [5.74, 6) is 1.79. The molecule has 2 aliphatic heterocycles. The molecular formula is C25H34N2O. The van der Waals surface area contributed by atoms with Crippen molar-refractivity contribution in [3.63, 3.8) is 0 Å². The predicted octanol–water partition coefficient (Wildman–Crippen LogP) is 5.93. The minimum atomic E-state index is 0.433. The number of fused-ring (bicyclic) bond motifs is 1. The molecule has 0 saturated carbocycles. The van der Waals surface area contributed by atoms with E-state index in [2.05, 4.69) is 41.4 Å². The van der Waals surface area contributed by atoms with E-state index in [1.807, 2.05) is 30.3 Å². The van der Waals surface area contributed by atoms with E-state index in [4.69, 9.17) is 4.74 Å². The summed E-state index contributed by atoms with van der Waals surface area (Å²) in [6.07, 6.45) is 9.16. The number of hydrogen-bond acceptors (Lipinski definition) is 3. The van der Waals surface area contributed by atoms with Crippen LogP contribution in [0.2, 0.25) is 0 Å². The van der Waals surface area contributed by atoms with Crippen molar-refractivity contribution in [2.75, 3.05) is 13.1 Å². The van der Waals surface area contributed by atoms with Crippen molar-refractivity contribution in [1.82, 2.24) is 10.2 Å². The molecular weight excluding hydrogens is 344 g/mol. The van der Waals surface area contributed by atoms with E-state index in [0.717, 1.165) is 17.5 Å². The molecule has 0 spiro atoms. The molecule has 0 aliphatic carbocycles. The summed E-state index contributed by atoms with van der Waals surface area (Å²) in [5.41, 5.74) is 1.38. The Labute approximate surface area is 170 Å². The van der Waals surface area contributed by atoms with Crippen molar-refractivity contribution in [1.29, 1.82) is 0 Å². The van der Waals surface area contributed by atoms with Crippen LogP contribution in [0.5, 0.6) is 11.5 Å². The molecule has 2 aromatic carbocycles. The minimum Gasteiger partial charge on any atom is -0.457 e. The molecule has 2 heterocycles. The highest BCUT2D eigenvalue weighted by Crippen LogP contribution is 2.30. The fourth-order valence-electron chi connectivity index (χ4n) is 4.94. The van der Waals surface area contributed by atoms with Crippen LogP contribution in [-0.2, 0) is 0 Å². The number of para-hydroxylation sites is 1. The summed E-state index contributed by atoms with van der Waals surface area (Å²) in [6.45, 7) is 4.88. The predicted molar refractivity (Wildman–Crippen MR) is 116 cm³/mol. The van der Waals surface area contributed by atoms with Crippen molar-refractivity contribution in [3.8, 4) is 11.5 Å². The summed E-state index contributed by atoms with van der Waals surface area (Å²) in [4.78, 5) is 2.74. The van der Waals surface area contributed by atoms with Crippen LogP contribution in [0.3, 0.4) is 0 Å². The average Bonchev–Trinajstić information content (AvgIpc) is 2.75. The van der Waals surface area contributed by atoms with E-state index < -0.39 is 0 Å². The van der Waals surface area contributed by atoms with E-state index in [-0.39, 0.29) is 0 Å². The van der Waals surface area contributed by atoms with Gasteiger partial charge >= 0.3 is 0 Å². The van der Waals surface area contributed by atoms with Gasteiger partial charge in [0.05, 0.1) is 0 Å². The Kier molecular flexibility index (Phi) is 6.66. The zero-order chi connectivity index (χ0) is 19.2. The monoisotopic (exact) mass is 378 g/mol. The highest BCUT2D eigenvalue weighted by Gasteiger charge is 2.34. The Bertz CT molecular complexity index is 713. The van der Waals surface area contributed by atoms with Crippen molar-refractivity contribution in [3.05, 3.63) is 60.2 Å². The molecule has 2 fully saturated rings. The number of nitrogens with one attached hydrogen (secondary N) is 1. The Balaban J connectivity index is 1.43. The lowest BCUT2D eigenvalue weighted by Gasteiger charge is -2.45. The lowest BCUT2D eigenvalue weighted by Crippen LogP contribution is -2.56. The van der Waals surface area contributed by atoms with Crippen LogP contribution < -0.4 is 10.1 Å². The van der Waals surface area contributed by atoms with Gasteiger partial charge in [0.1, 0.15) is 11.5 Å². The van der Waals surface area contributed by atoms with Crippen molar-refractivity contribution in [2.24, 2.45) is 0 Å². The Morgan fingerprint density at radius 2 is 1.68 bits per heavy atom. The molecule has 2 saturated heterocycles. The first-order chi connectivity index (χ1) is 13.8.